The number of halogens is 1. The van der Waals surface area contributed by atoms with E-state index in [1.807, 2.05) is 24.7 Å². The number of hydrogen-bond acceptors (Lipinski definition) is 3. The first kappa shape index (κ1) is 14.2. The minimum Gasteiger partial charge on any atom is -0.383 e. The van der Waals surface area contributed by atoms with E-state index in [2.05, 4.69) is 42.9 Å². The molecule has 0 amide bonds. The third kappa shape index (κ3) is 4.16. The Bertz CT molecular complexity index is 513. The highest BCUT2D eigenvalue weighted by Gasteiger charge is 2.04. The van der Waals surface area contributed by atoms with Gasteiger partial charge in [-0.25, -0.2) is 4.98 Å². The molecule has 0 aliphatic heterocycles. The second kappa shape index (κ2) is 7.43. The van der Waals surface area contributed by atoms with Crippen molar-refractivity contribution in [1.29, 1.82) is 0 Å². The summed E-state index contributed by atoms with van der Waals surface area (Å²) in [7, 11) is 1.71. The minimum atomic E-state index is 0.739. The number of rotatable bonds is 7. The Morgan fingerprint density at radius 2 is 2.26 bits per heavy atom. The fourth-order valence-electron chi connectivity index (χ4n) is 1.89. The molecule has 0 saturated heterocycles. The topological polar surface area (TPSA) is 39.1 Å². The van der Waals surface area contributed by atoms with Gasteiger partial charge in [-0.15, -0.1) is 0 Å². The average Bonchev–Trinajstić information content (AvgIpc) is 2.87. The minimum absolute atomic E-state index is 0.739. The van der Waals surface area contributed by atoms with Gasteiger partial charge < -0.3 is 14.6 Å². The predicted molar refractivity (Wildman–Crippen MR) is 80.1 cm³/mol. The molecule has 0 radical (unpaired) electrons. The van der Waals surface area contributed by atoms with Gasteiger partial charge in [0, 0.05) is 36.8 Å². The summed E-state index contributed by atoms with van der Waals surface area (Å²) in [4.78, 5) is 4.24. The lowest BCUT2D eigenvalue weighted by molar-refractivity contribution is 0.199. The molecule has 1 aromatic heterocycles. The number of hydrogen-bond donors (Lipinski definition) is 1. The molecule has 0 bridgehead atoms. The summed E-state index contributed by atoms with van der Waals surface area (Å²) in [6.45, 7) is 3.41. The first-order valence-electron chi connectivity index (χ1n) is 6.27. The van der Waals surface area contributed by atoms with Gasteiger partial charge in [-0.1, -0.05) is 28.1 Å². The Morgan fingerprint density at radius 3 is 3.05 bits per heavy atom. The van der Waals surface area contributed by atoms with Crippen LogP contribution in [-0.2, 0) is 11.3 Å². The highest BCUT2D eigenvalue weighted by molar-refractivity contribution is 9.10. The van der Waals surface area contributed by atoms with E-state index in [0.717, 1.165) is 36.4 Å². The largest absolute Gasteiger partial charge is 0.383 e. The maximum absolute atomic E-state index is 5.00. The highest BCUT2D eigenvalue weighted by atomic mass is 79.9. The molecule has 0 atom stereocenters. The van der Waals surface area contributed by atoms with Crippen LogP contribution in [0.2, 0.25) is 0 Å². The van der Waals surface area contributed by atoms with E-state index >= 15 is 0 Å². The maximum Gasteiger partial charge on any atom is 0.0951 e. The van der Waals surface area contributed by atoms with Crippen LogP contribution in [0.15, 0.2) is 41.3 Å². The summed E-state index contributed by atoms with van der Waals surface area (Å²) in [6, 6.07) is 8.26. The molecule has 0 unspecified atom stereocenters. The molecule has 1 N–H and O–H groups in total. The lowest BCUT2D eigenvalue weighted by Crippen LogP contribution is -2.23. The highest BCUT2D eigenvalue weighted by Crippen LogP contribution is 2.22. The van der Waals surface area contributed by atoms with E-state index in [1.165, 1.54) is 5.56 Å². The second-order valence-electron chi connectivity index (χ2n) is 4.23. The van der Waals surface area contributed by atoms with E-state index in [0.29, 0.717) is 0 Å². The van der Waals surface area contributed by atoms with Crippen LogP contribution in [0.3, 0.4) is 0 Å². The first-order valence-corrected chi connectivity index (χ1v) is 7.06. The standard InChI is InChI=1S/C14H18BrN3O/c1-19-8-6-16-5-7-18-11-17-10-14(18)12-3-2-4-13(15)9-12/h2-4,9-11,16H,5-8H2,1H3. The first-order chi connectivity index (χ1) is 9.31. The van der Waals surface area contributed by atoms with E-state index < -0.39 is 0 Å². The Morgan fingerprint density at radius 1 is 1.37 bits per heavy atom. The zero-order valence-corrected chi connectivity index (χ0v) is 12.6. The molecule has 1 heterocycles. The Labute approximate surface area is 121 Å². The summed E-state index contributed by atoms with van der Waals surface area (Å²) in [5.74, 6) is 0. The summed E-state index contributed by atoms with van der Waals surface area (Å²) in [5, 5.41) is 3.33. The van der Waals surface area contributed by atoms with Crippen LogP contribution in [0.5, 0.6) is 0 Å². The summed E-state index contributed by atoms with van der Waals surface area (Å²) >= 11 is 3.50. The number of aromatic nitrogens is 2. The van der Waals surface area contributed by atoms with Crippen molar-refractivity contribution >= 4 is 15.9 Å². The molecular formula is C14H18BrN3O. The van der Waals surface area contributed by atoms with Crippen molar-refractivity contribution in [3.63, 3.8) is 0 Å². The fraction of sp³-hybridized carbons (Fsp3) is 0.357. The van der Waals surface area contributed by atoms with Gasteiger partial charge in [0.05, 0.1) is 24.8 Å². The maximum atomic E-state index is 5.00. The number of nitrogens with one attached hydrogen (secondary N) is 1. The van der Waals surface area contributed by atoms with Crippen LogP contribution in [0.4, 0.5) is 0 Å². The van der Waals surface area contributed by atoms with E-state index in [1.54, 1.807) is 7.11 Å². The fourth-order valence-corrected chi connectivity index (χ4v) is 2.29. The molecule has 102 valence electrons. The summed E-state index contributed by atoms with van der Waals surface area (Å²) < 4.78 is 8.23. The number of nitrogens with zero attached hydrogens (tertiary/aromatic N) is 2. The van der Waals surface area contributed by atoms with Crippen molar-refractivity contribution in [1.82, 2.24) is 14.9 Å². The second-order valence-corrected chi connectivity index (χ2v) is 5.14. The Balaban J connectivity index is 1.98. The average molecular weight is 324 g/mol. The van der Waals surface area contributed by atoms with Gasteiger partial charge in [-0.2, -0.15) is 0 Å². The Hall–Kier alpha value is -1.17. The van der Waals surface area contributed by atoms with Crippen LogP contribution in [-0.4, -0.2) is 36.4 Å². The van der Waals surface area contributed by atoms with Crippen molar-refractivity contribution < 1.29 is 4.74 Å². The normalized spacial score (nSPS) is 10.8. The molecule has 0 saturated carbocycles. The van der Waals surface area contributed by atoms with Crippen LogP contribution < -0.4 is 5.32 Å². The number of ether oxygens (including phenoxy) is 1. The molecule has 4 nitrogen and oxygen atoms in total. The van der Waals surface area contributed by atoms with Crippen molar-refractivity contribution in [3.8, 4) is 11.3 Å². The zero-order chi connectivity index (χ0) is 13.5. The van der Waals surface area contributed by atoms with Crippen molar-refractivity contribution in [2.45, 2.75) is 6.54 Å². The summed E-state index contributed by atoms with van der Waals surface area (Å²) in [5.41, 5.74) is 2.30. The quantitative estimate of drug-likeness (QED) is 0.796. The van der Waals surface area contributed by atoms with Crippen LogP contribution in [0.1, 0.15) is 0 Å². The SMILES string of the molecule is COCCNCCn1cncc1-c1cccc(Br)c1. The monoisotopic (exact) mass is 323 g/mol. The van der Waals surface area contributed by atoms with Gasteiger partial charge in [-0.3, -0.25) is 0 Å². The number of methoxy groups -OCH3 is 1. The molecule has 2 aromatic rings. The van der Waals surface area contributed by atoms with Gasteiger partial charge in [-0.05, 0) is 12.1 Å². The predicted octanol–water partition coefficient (Wildman–Crippen LogP) is 2.55. The van der Waals surface area contributed by atoms with E-state index in [-0.39, 0.29) is 0 Å². The molecule has 0 spiro atoms. The van der Waals surface area contributed by atoms with Gasteiger partial charge in [0.2, 0.25) is 0 Å². The lowest BCUT2D eigenvalue weighted by Gasteiger charge is -2.09. The van der Waals surface area contributed by atoms with Crippen LogP contribution >= 0.6 is 15.9 Å². The smallest absolute Gasteiger partial charge is 0.0951 e. The van der Waals surface area contributed by atoms with Gasteiger partial charge in [0.15, 0.2) is 0 Å². The third-order valence-corrected chi connectivity index (χ3v) is 3.34. The van der Waals surface area contributed by atoms with Crippen LogP contribution in [0.25, 0.3) is 11.3 Å². The molecule has 1 aromatic carbocycles. The van der Waals surface area contributed by atoms with Gasteiger partial charge >= 0.3 is 0 Å². The van der Waals surface area contributed by atoms with Crippen LogP contribution in [0, 0.1) is 0 Å². The molecule has 19 heavy (non-hydrogen) atoms. The molecule has 5 heteroatoms. The molecule has 2 rings (SSSR count). The summed E-state index contributed by atoms with van der Waals surface area (Å²) in [6.07, 6.45) is 3.77. The zero-order valence-electron chi connectivity index (χ0n) is 11.0. The van der Waals surface area contributed by atoms with E-state index in [4.69, 9.17) is 4.74 Å². The Kier molecular flexibility index (Phi) is 5.57. The molecule has 0 aliphatic rings. The van der Waals surface area contributed by atoms with Gasteiger partial charge in [0.1, 0.15) is 0 Å². The lowest BCUT2D eigenvalue weighted by atomic mass is 10.2. The number of imidazole rings is 1. The van der Waals surface area contributed by atoms with Crippen molar-refractivity contribution in [3.05, 3.63) is 41.3 Å². The third-order valence-electron chi connectivity index (χ3n) is 2.85. The number of benzene rings is 1. The van der Waals surface area contributed by atoms with Crippen molar-refractivity contribution in [2.24, 2.45) is 0 Å². The van der Waals surface area contributed by atoms with Crippen molar-refractivity contribution in [2.75, 3.05) is 26.8 Å². The molecule has 0 fully saturated rings. The molecular weight excluding hydrogens is 306 g/mol. The van der Waals surface area contributed by atoms with E-state index in [9.17, 15) is 0 Å². The molecule has 0 aliphatic carbocycles. The van der Waals surface area contributed by atoms with Gasteiger partial charge in [0.25, 0.3) is 0 Å².